The summed E-state index contributed by atoms with van der Waals surface area (Å²) in [5.74, 6) is -0.603. The lowest BCUT2D eigenvalue weighted by molar-refractivity contribution is -0.140. The van der Waals surface area contributed by atoms with Crippen molar-refractivity contribution >= 4 is 21.9 Å². The lowest BCUT2D eigenvalue weighted by atomic mass is 10.0. The highest BCUT2D eigenvalue weighted by Gasteiger charge is 2.36. The number of piperidine rings is 1. The van der Waals surface area contributed by atoms with Crippen LogP contribution < -0.4 is 5.32 Å². The summed E-state index contributed by atoms with van der Waals surface area (Å²) in [5, 5.41) is 6.72. The van der Waals surface area contributed by atoms with Crippen LogP contribution in [0.25, 0.3) is 0 Å². The summed E-state index contributed by atoms with van der Waals surface area (Å²) in [5.41, 5.74) is 0.252. The zero-order chi connectivity index (χ0) is 19.6. The smallest absolute Gasteiger partial charge is 0.322 e. The Morgan fingerprint density at radius 2 is 2.11 bits per heavy atom. The molecule has 1 aromatic heterocycles. The van der Waals surface area contributed by atoms with E-state index in [0.29, 0.717) is 18.8 Å². The van der Waals surface area contributed by atoms with Gasteiger partial charge in [-0.15, -0.1) is 0 Å². The van der Waals surface area contributed by atoms with Crippen molar-refractivity contribution in [3.63, 3.8) is 0 Å². The van der Waals surface area contributed by atoms with Gasteiger partial charge in [-0.25, -0.2) is 8.42 Å². The molecule has 0 spiro atoms. The number of sulfonamides is 1. The van der Waals surface area contributed by atoms with Gasteiger partial charge in [-0.05, 0) is 39.5 Å². The summed E-state index contributed by atoms with van der Waals surface area (Å²) < 4.78 is 36.1. The molecule has 27 heavy (non-hydrogen) atoms. The molecule has 0 radical (unpaired) electrons. The summed E-state index contributed by atoms with van der Waals surface area (Å²) >= 11 is 0. The van der Waals surface area contributed by atoms with Crippen LogP contribution in [-0.4, -0.2) is 60.7 Å². The first-order chi connectivity index (χ1) is 12.8. The van der Waals surface area contributed by atoms with Crippen LogP contribution in [-0.2, 0) is 19.6 Å². The first-order valence-corrected chi connectivity index (χ1v) is 10.8. The Hall–Kier alpha value is -1.94. The summed E-state index contributed by atoms with van der Waals surface area (Å²) in [4.78, 5) is 23.9. The Morgan fingerprint density at radius 1 is 1.37 bits per heavy atom. The molecule has 1 N–H and O–H groups in total. The molecule has 1 aliphatic heterocycles. The summed E-state index contributed by atoms with van der Waals surface area (Å²) in [6, 6.07) is 1.18. The minimum absolute atomic E-state index is 0.141. The number of hydrogen-bond donors (Lipinski definition) is 1. The minimum Gasteiger partial charge on any atom is -0.465 e. The highest BCUT2D eigenvalue weighted by molar-refractivity contribution is 7.89. The normalized spacial score (nSPS) is 23.8. The van der Waals surface area contributed by atoms with Crippen LogP contribution in [0, 0.1) is 0 Å². The predicted octanol–water partition coefficient (Wildman–Crippen LogP) is 1.03. The summed E-state index contributed by atoms with van der Waals surface area (Å²) in [6.07, 6.45) is 3.05. The van der Waals surface area contributed by atoms with Crippen molar-refractivity contribution in [2.45, 2.75) is 57.5 Å². The van der Waals surface area contributed by atoms with Crippen LogP contribution in [0.3, 0.4) is 0 Å². The van der Waals surface area contributed by atoms with Crippen molar-refractivity contribution in [1.29, 1.82) is 0 Å². The van der Waals surface area contributed by atoms with Crippen LogP contribution in [0.15, 0.2) is 10.6 Å². The van der Waals surface area contributed by atoms with Crippen molar-refractivity contribution in [3.8, 4) is 0 Å². The second kappa shape index (κ2) is 7.97. The van der Waals surface area contributed by atoms with E-state index in [1.54, 1.807) is 19.9 Å². The van der Waals surface area contributed by atoms with Gasteiger partial charge in [0.05, 0.1) is 6.61 Å². The van der Waals surface area contributed by atoms with Crippen LogP contribution in [0.1, 0.15) is 61.7 Å². The van der Waals surface area contributed by atoms with Gasteiger partial charge in [0.2, 0.25) is 10.0 Å². The molecule has 1 aliphatic carbocycles. The molecule has 0 aromatic carbocycles. The highest BCUT2D eigenvalue weighted by Crippen LogP contribution is 2.40. The number of aromatic nitrogens is 1. The molecular weight excluding hydrogens is 374 g/mol. The second-order valence-corrected chi connectivity index (χ2v) is 9.03. The first-order valence-electron chi connectivity index (χ1n) is 9.22. The molecule has 1 amide bonds. The maximum absolute atomic E-state index is 12.4. The van der Waals surface area contributed by atoms with E-state index in [-0.39, 0.29) is 36.8 Å². The average molecular weight is 399 g/mol. The predicted molar refractivity (Wildman–Crippen MR) is 95.6 cm³/mol. The number of hydrogen-bond acceptors (Lipinski definition) is 7. The van der Waals surface area contributed by atoms with Gasteiger partial charge in [-0.1, -0.05) is 5.16 Å². The molecule has 3 rings (SSSR count). The Bertz CT molecular complexity index is 801. The molecule has 10 heteroatoms. The third-order valence-electron chi connectivity index (χ3n) is 4.85. The van der Waals surface area contributed by atoms with E-state index in [1.807, 2.05) is 0 Å². The Labute approximate surface area is 158 Å². The van der Waals surface area contributed by atoms with E-state index in [0.717, 1.165) is 18.6 Å². The van der Waals surface area contributed by atoms with Gasteiger partial charge < -0.3 is 14.6 Å². The van der Waals surface area contributed by atoms with Crippen molar-refractivity contribution in [3.05, 3.63) is 17.5 Å². The molecule has 1 saturated carbocycles. The largest absolute Gasteiger partial charge is 0.465 e. The number of rotatable bonds is 7. The lowest BCUT2D eigenvalue weighted by Gasteiger charge is -2.36. The molecule has 1 saturated heterocycles. The standard InChI is InChI=1S/C17H25N3O6S/c1-3-25-16(21)10-27(23,24)20-7-6-13(8-11(20)2)18-17(22)14-9-15(26-19-14)12-4-5-12/h9,11-13H,3-8,10H2,1-2H3,(H,18,22)/t11-,13+/m1/s1. The molecule has 2 aliphatic rings. The van der Waals surface area contributed by atoms with Gasteiger partial charge in [-0.2, -0.15) is 4.31 Å². The molecule has 0 bridgehead atoms. The fourth-order valence-corrected chi connectivity index (χ4v) is 4.91. The number of esters is 1. The van der Waals surface area contributed by atoms with Gasteiger partial charge in [0.1, 0.15) is 5.76 Å². The number of carbonyl (C=O) groups is 2. The average Bonchev–Trinajstić information content (AvgIpc) is 3.31. The summed E-state index contributed by atoms with van der Waals surface area (Å²) in [6.45, 7) is 3.77. The number of ether oxygens (including phenoxy) is 1. The van der Waals surface area contributed by atoms with Crippen LogP contribution in [0.5, 0.6) is 0 Å². The molecule has 150 valence electrons. The maximum atomic E-state index is 12.4. The number of nitrogens with one attached hydrogen (secondary N) is 1. The van der Waals surface area contributed by atoms with Crippen LogP contribution >= 0.6 is 0 Å². The first kappa shape index (κ1) is 19.8. The zero-order valence-corrected chi connectivity index (χ0v) is 16.3. The van der Waals surface area contributed by atoms with E-state index >= 15 is 0 Å². The van der Waals surface area contributed by atoms with Crippen LogP contribution in [0.2, 0.25) is 0 Å². The monoisotopic (exact) mass is 399 g/mol. The minimum atomic E-state index is -3.74. The zero-order valence-electron chi connectivity index (χ0n) is 15.5. The molecule has 2 atom stereocenters. The number of amides is 1. The Kier molecular flexibility index (Phi) is 5.85. The molecule has 2 heterocycles. The van der Waals surface area contributed by atoms with E-state index in [4.69, 9.17) is 9.26 Å². The molecule has 2 fully saturated rings. The SMILES string of the molecule is CCOC(=O)CS(=O)(=O)N1CC[C@H](NC(=O)c2cc(C3CC3)on2)C[C@H]1C. The third-order valence-corrected chi connectivity index (χ3v) is 6.71. The third kappa shape index (κ3) is 4.86. The van der Waals surface area contributed by atoms with Gasteiger partial charge in [0.25, 0.3) is 5.91 Å². The molecule has 1 aromatic rings. The quantitative estimate of drug-likeness (QED) is 0.680. The fourth-order valence-electron chi connectivity index (χ4n) is 3.35. The van der Waals surface area contributed by atoms with Crippen molar-refractivity contribution in [2.75, 3.05) is 18.9 Å². The van der Waals surface area contributed by atoms with Gasteiger partial charge in [-0.3, -0.25) is 9.59 Å². The topological polar surface area (TPSA) is 119 Å². The van der Waals surface area contributed by atoms with E-state index in [1.165, 1.54) is 4.31 Å². The molecule has 9 nitrogen and oxygen atoms in total. The Morgan fingerprint density at radius 3 is 2.74 bits per heavy atom. The fraction of sp³-hybridized carbons (Fsp3) is 0.706. The number of carbonyl (C=O) groups excluding carboxylic acids is 2. The number of nitrogens with zero attached hydrogens (tertiary/aromatic N) is 2. The van der Waals surface area contributed by atoms with E-state index in [9.17, 15) is 18.0 Å². The van der Waals surface area contributed by atoms with E-state index in [2.05, 4.69) is 10.5 Å². The molecular formula is C17H25N3O6S. The van der Waals surface area contributed by atoms with Crippen molar-refractivity contribution < 1.29 is 27.3 Å². The van der Waals surface area contributed by atoms with Gasteiger partial charge in [0.15, 0.2) is 11.4 Å². The van der Waals surface area contributed by atoms with Crippen molar-refractivity contribution in [1.82, 2.24) is 14.8 Å². The van der Waals surface area contributed by atoms with Crippen LogP contribution in [0.4, 0.5) is 0 Å². The molecule has 0 unspecified atom stereocenters. The second-order valence-electron chi connectivity index (χ2n) is 7.10. The highest BCUT2D eigenvalue weighted by atomic mass is 32.2. The lowest BCUT2D eigenvalue weighted by Crippen LogP contribution is -2.52. The van der Waals surface area contributed by atoms with E-state index < -0.39 is 21.7 Å². The van der Waals surface area contributed by atoms with Gasteiger partial charge in [0, 0.05) is 30.6 Å². The Balaban J connectivity index is 1.54. The van der Waals surface area contributed by atoms with Crippen molar-refractivity contribution in [2.24, 2.45) is 0 Å². The summed E-state index contributed by atoms with van der Waals surface area (Å²) in [7, 11) is -3.74. The maximum Gasteiger partial charge on any atom is 0.322 e. The van der Waals surface area contributed by atoms with Gasteiger partial charge >= 0.3 is 5.97 Å².